The number of rotatable bonds is 7. The van der Waals surface area contributed by atoms with E-state index in [9.17, 15) is 10.1 Å². The molecule has 0 fully saturated rings. The molecule has 3 rings (SSSR count). The molecule has 0 spiro atoms. The van der Waals surface area contributed by atoms with Crippen molar-refractivity contribution < 1.29 is 9.53 Å². The highest BCUT2D eigenvalue weighted by Crippen LogP contribution is 2.31. The van der Waals surface area contributed by atoms with E-state index in [1.165, 1.54) is 6.20 Å². The Morgan fingerprint density at radius 2 is 2.17 bits per heavy atom. The van der Waals surface area contributed by atoms with Gasteiger partial charge in [-0.25, -0.2) is 9.50 Å². The van der Waals surface area contributed by atoms with Gasteiger partial charge in [-0.1, -0.05) is 0 Å². The Labute approximate surface area is 168 Å². The van der Waals surface area contributed by atoms with Gasteiger partial charge in [0.15, 0.2) is 0 Å². The summed E-state index contributed by atoms with van der Waals surface area (Å²) in [4.78, 5) is 15.4. The van der Waals surface area contributed by atoms with Crippen molar-refractivity contribution in [2.45, 2.75) is 20.0 Å². The molecule has 0 aliphatic rings. The first-order valence-corrected chi connectivity index (χ1v) is 9.04. The van der Waals surface area contributed by atoms with Crippen molar-refractivity contribution >= 4 is 17.2 Å². The molecular weight excluding hydrogens is 368 g/mol. The number of ether oxygens (including phenoxy) is 1. The maximum absolute atomic E-state index is 11.0. The lowest BCUT2D eigenvalue weighted by atomic mass is 10.1. The molecule has 1 amide bonds. The predicted octanol–water partition coefficient (Wildman–Crippen LogP) is 2.22. The average Bonchev–Trinajstić information content (AvgIpc) is 3.13. The number of amides is 1. The standard InChI is InChI=1S/C21H20N6O2/c1-4-20(28)24-8-7-23-19-6-5-15(11-25-19)18-9-17(29-14(2)3)13-27-21(18)16(10-22)12-26-27/h1,5-6,9,11-14H,7-8H2,2-3H3,(H,23,25)(H,24,28). The number of terminal acetylenes is 1. The van der Waals surface area contributed by atoms with Crippen LogP contribution in [0.3, 0.4) is 0 Å². The lowest BCUT2D eigenvalue weighted by molar-refractivity contribution is -0.115. The summed E-state index contributed by atoms with van der Waals surface area (Å²) in [6, 6.07) is 7.79. The van der Waals surface area contributed by atoms with E-state index in [1.807, 2.05) is 38.0 Å². The zero-order valence-electron chi connectivity index (χ0n) is 16.1. The van der Waals surface area contributed by atoms with E-state index in [1.54, 1.807) is 16.9 Å². The zero-order chi connectivity index (χ0) is 20.8. The molecule has 0 saturated carbocycles. The summed E-state index contributed by atoms with van der Waals surface area (Å²) in [5, 5.41) is 19.4. The Hall–Kier alpha value is -4.04. The fourth-order valence-corrected chi connectivity index (χ4v) is 2.81. The smallest absolute Gasteiger partial charge is 0.295 e. The number of nitriles is 1. The van der Waals surface area contributed by atoms with E-state index >= 15 is 0 Å². The number of aromatic nitrogens is 3. The van der Waals surface area contributed by atoms with E-state index in [2.05, 4.69) is 26.8 Å². The predicted molar refractivity (Wildman–Crippen MR) is 109 cm³/mol. The van der Waals surface area contributed by atoms with Gasteiger partial charge < -0.3 is 15.4 Å². The normalized spacial score (nSPS) is 10.4. The van der Waals surface area contributed by atoms with Crippen LogP contribution < -0.4 is 15.4 Å². The Kier molecular flexibility index (Phi) is 5.96. The molecule has 3 heterocycles. The third-order valence-corrected chi connectivity index (χ3v) is 4.00. The van der Waals surface area contributed by atoms with E-state index in [-0.39, 0.29) is 6.10 Å². The first-order chi connectivity index (χ1) is 14.0. The third-order valence-electron chi connectivity index (χ3n) is 4.00. The van der Waals surface area contributed by atoms with Crippen LogP contribution in [-0.4, -0.2) is 39.7 Å². The highest BCUT2D eigenvalue weighted by Gasteiger charge is 2.14. The van der Waals surface area contributed by atoms with Gasteiger partial charge in [0.05, 0.1) is 29.6 Å². The van der Waals surface area contributed by atoms with Crippen LogP contribution in [0.1, 0.15) is 19.4 Å². The maximum atomic E-state index is 11.0. The molecular formula is C21H20N6O2. The Balaban J connectivity index is 1.85. The minimum absolute atomic E-state index is 0.00552. The first-order valence-electron chi connectivity index (χ1n) is 9.04. The van der Waals surface area contributed by atoms with Gasteiger partial charge in [-0.15, -0.1) is 6.42 Å². The second-order valence-corrected chi connectivity index (χ2v) is 6.48. The van der Waals surface area contributed by atoms with E-state index in [4.69, 9.17) is 11.2 Å². The summed E-state index contributed by atoms with van der Waals surface area (Å²) in [5.41, 5.74) is 2.80. The minimum atomic E-state index is -0.447. The minimum Gasteiger partial charge on any atom is -0.489 e. The van der Waals surface area contributed by atoms with E-state index in [0.29, 0.717) is 35.7 Å². The SMILES string of the molecule is C#CC(=O)NCCNc1ccc(-c2cc(OC(C)C)cn3ncc(C#N)c23)cn1. The lowest BCUT2D eigenvalue weighted by Crippen LogP contribution is -2.27. The summed E-state index contributed by atoms with van der Waals surface area (Å²) in [5.74, 6) is 2.86. The van der Waals surface area contributed by atoms with Crippen LogP contribution in [0.2, 0.25) is 0 Å². The molecule has 146 valence electrons. The molecule has 8 heteroatoms. The maximum Gasteiger partial charge on any atom is 0.295 e. The Morgan fingerprint density at radius 1 is 1.34 bits per heavy atom. The number of nitrogens with zero attached hydrogens (tertiary/aromatic N) is 4. The summed E-state index contributed by atoms with van der Waals surface area (Å²) in [6.07, 6.45) is 10.0. The van der Waals surface area contributed by atoms with Gasteiger partial charge in [-0.3, -0.25) is 4.79 Å². The van der Waals surface area contributed by atoms with Gasteiger partial charge in [0.1, 0.15) is 17.6 Å². The average molecular weight is 388 g/mol. The van der Waals surface area contributed by atoms with Crippen LogP contribution in [0, 0.1) is 23.7 Å². The van der Waals surface area contributed by atoms with Crippen LogP contribution in [0.4, 0.5) is 5.82 Å². The Bertz CT molecular complexity index is 1100. The number of fused-ring (bicyclic) bond motifs is 1. The molecule has 2 N–H and O–H groups in total. The first kappa shape index (κ1) is 19.7. The van der Waals surface area contributed by atoms with Gasteiger partial charge >= 0.3 is 0 Å². The van der Waals surface area contributed by atoms with Crippen molar-refractivity contribution in [2.75, 3.05) is 18.4 Å². The molecule has 0 unspecified atom stereocenters. The molecule has 8 nitrogen and oxygen atoms in total. The monoisotopic (exact) mass is 388 g/mol. The number of hydrogen-bond acceptors (Lipinski definition) is 6. The number of anilines is 1. The highest BCUT2D eigenvalue weighted by atomic mass is 16.5. The largest absolute Gasteiger partial charge is 0.489 e. The Morgan fingerprint density at radius 3 is 2.83 bits per heavy atom. The molecule has 0 saturated heterocycles. The number of carbonyl (C=O) groups excluding carboxylic acids is 1. The van der Waals surface area contributed by atoms with Crippen LogP contribution in [0.15, 0.2) is 36.8 Å². The molecule has 0 aliphatic heterocycles. The molecule has 0 radical (unpaired) electrons. The van der Waals surface area contributed by atoms with E-state index < -0.39 is 5.91 Å². The van der Waals surface area contributed by atoms with E-state index in [0.717, 1.165) is 11.1 Å². The third kappa shape index (κ3) is 4.63. The molecule has 29 heavy (non-hydrogen) atoms. The second-order valence-electron chi connectivity index (χ2n) is 6.48. The summed E-state index contributed by atoms with van der Waals surface area (Å²) >= 11 is 0. The molecule has 0 bridgehead atoms. The topological polar surface area (TPSA) is 104 Å². The number of pyridine rings is 2. The fraction of sp³-hybridized carbons (Fsp3) is 0.238. The van der Waals surface area contributed by atoms with Crippen LogP contribution in [0.25, 0.3) is 16.6 Å². The van der Waals surface area contributed by atoms with Gasteiger partial charge in [0.25, 0.3) is 5.91 Å². The molecule has 0 aliphatic carbocycles. The van der Waals surface area contributed by atoms with Crippen molar-refractivity contribution in [2.24, 2.45) is 0 Å². The molecule has 0 aromatic carbocycles. The number of hydrogen-bond donors (Lipinski definition) is 2. The van der Waals surface area contributed by atoms with Crippen molar-refractivity contribution in [3.63, 3.8) is 0 Å². The van der Waals surface area contributed by atoms with Gasteiger partial charge in [0, 0.05) is 30.4 Å². The van der Waals surface area contributed by atoms with Gasteiger partial charge in [-0.05, 0) is 38.0 Å². The molecule has 3 aromatic heterocycles. The molecule has 0 atom stereocenters. The number of nitrogens with one attached hydrogen (secondary N) is 2. The fourth-order valence-electron chi connectivity index (χ4n) is 2.81. The van der Waals surface area contributed by atoms with Gasteiger partial charge in [-0.2, -0.15) is 10.4 Å². The zero-order valence-corrected chi connectivity index (χ0v) is 16.1. The number of carbonyl (C=O) groups is 1. The van der Waals surface area contributed by atoms with Crippen LogP contribution >= 0.6 is 0 Å². The van der Waals surface area contributed by atoms with Crippen LogP contribution in [0.5, 0.6) is 5.75 Å². The lowest BCUT2D eigenvalue weighted by Gasteiger charge is -2.13. The van der Waals surface area contributed by atoms with Gasteiger partial charge in [0.2, 0.25) is 0 Å². The summed E-state index contributed by atoms with van der Waals surface area (Å²) < 4.78 is 7.46. The summed E-state index contributed by atoms with van der Waals surface area (Å²) in [7, 11) is 0. The van der Waals surface area contributed by atoms with Crippen molar-refractivity contribution in [1.29, 1.82) is 5.26 Å². The van der Waals surface area contributed by atoms with Crippen molar-refractivity contribution in [3.8, 4) is 35.3 Å². The summed E-state index contributed by atoms with van der Waals surface area (Å²) in [6.45, 7) is 4.77. The van der Waals surface area contributed by atoms with Crippen molar-refractivity contribution in [1.82, 2.24) is 19.9 Å². The quantitative estimate of drug-likeness (QED) is 0.475. The van der Waals surface area contributed by atoms with Crippen molar-refractivity contribution in [3.05, 3.63) is 42.4 Å². The molecule has 3 aromatic rings. The highest BCUT2D eigenvalue weighted by molar-refractivity contribution is 5.92. The van der Waals surface area contributed by atoms with Crippen LogP contribution in [-0.2, 0) is 4.79 Å². The second kappa shape index (κ2) is 8.77.